The van der Waals surface area contributed by atoms with Crippen molar-refractivity contribution in [3.05, 3.63) is 35.4 Å². The predicted octanol–water partition coefficient (Wildman–Crippen LogP) is 3.62. The molecule has 1 amide bonds. The maximum atomic E-state index is 12.6. The Bertz CT molecular complexity index is 490. The summed E-state index contributed by atoms with van der Waals surface area (Å²) in [5.74, 6) is 0.361. The van der Waals surface area contributed by atoms with E-state index in [1.165, 1.54) is 11.1 Å². The Labute approximate surface area is 140 Å². The lowest BCUT2D eigenvalue weighted by atomic mass is 9.80. The number of hydrogen-bond donors (Lipinski definition) is 2. The topological polar surface area (TPSA) is 41.1 Å². The minimum Gasteiger partial charge on any atom is -0.349 e. The molecular formula is C18H29ClN2O. The Hall–Kier alpha value is -1.06. The summed E-state index contributed by atoms with van der Waals surface area (Å²) in [5.41, 5.74) is 2.46. The van der Waals surface area contributed by atoms with Crippen LogP contribution in [0.3, 0.4) is 0 Å². The van der Waals surface area contributed by atoms with E-state index in [0.29, 0.717) is 0 Å². The van der Waals surface area contributed by atoms with E-state index in [1.807, 2.05) is 6.07 Å². The van der Waals surface area contributed by atoms with Gasteiger partial charge in [-0.05, 0) is 49.4 Å². The third-order valence-corrected chi connectivity index (χ3v) is 4.36. The molecule has 1 aromatic carbocycles. The van der Waals surface area contributed by atoms with Gasteiger partial charge < -0.3 is 10.6 Å². The van der Waals surface area contributed by atoms with Crippen LogP contribution in [0, 0.1) is 18.3 Å². The van der Waals surface area contributed by atoms with E-state index in [4.69, 9.17) is 0 Å². The maximum Gasteiger partial charge on any atom is 0.223 e. The third-order valence-electron chi connectivity index (χ3n) is 4.36. The smallest absolute Gasteiger partial charge is 0.223 e. The molecule has 0 aliphatic carbocycles. The van der Waals surface area contributed by atoms with Gasteiger partial charge in [-0.3, -0.25) is 4.79 Å². The molecule has 2 N–H and O–H groups in total. The number of carbonyl (C=O) groups excluding carboxylic acids is 1. The Balaban J connectivity index is 0.00000242. The Morgan fingerprint density at radius 2 is 1.82 bits per heavy atom. The largest absolute Gasteiger partial charge is 0.349 e. The number of hydrogen-bond acceptors (Lipinski definition) is 2. The summed E-state index contributed by atoms with van der Waals surface area (Å²) in [5, 5.41) is 6.63. The zero-order valence-corrected chi connectivity index (χ0v) is 14.9. The molecule has 0 radical (unpaired) electrons. The van der Waals surface area contributed by atoms with E-state index in [0.717, 1.165) is 25.9 Å². The molecule has 1 aliphatic rings. The highest BCUT2D eigenvalue weighted by atomic mass is 35.5. The zero-order valence-electron chi connectivity index (χ0n) is 14.1. The SMILES string of the molecule is Cc1ccccc1C(NC(=O)C1CCNCC1)C(C)(C)C.Cl. The summed E-state index contributed by atoms with van der Waals surface area (Å²) in [6.45, 7) is 10.6. The van der Waals surface area contributed by atoms with Crippen molar-refractivity contribution in [1.82, 2.24) is 10.6 Å². The van der Waals surface area contributed by atoms with Gasteiger partial charge >= 0.3 is 0 Å². The first-order chi connectivity index (χ1) is 9.89. The van der Waals surface area contributed by atoms with Gasteiger partial charge in [0.2, 0.25) is 5.91 Å². The van der Waals surface area contributed by atoms with Gasteiger partial charge in [-0.2, -0.15) is 0 Å². The van der Waals surface area contributed by atoms with Gasteiger partial charge in [0.25, 0.3) is 0 Å². The number of halogens is 1. The molecule has 0 saturated carbocycles. The van der Waals surface area contributed by atoms with Gasteiger partial charge in [-0.1, -0.05) is 45.0 Å². The number of nitrogens with one attached hydrogen (secondary N) is 2. The van der Waals surface area contributed by atoms with Crippen molar-refractivity contribution in [2.24, 2.45) is 11.3 Å². The minimum atomic E-state index is -0.00527. The van der Waals surface area contributed by atoms with Crippen LogP contribution in [-0.4, -0.2) is 19.0 Å². The lowest BCUT2D eigenvalue weighted by Crippen LogP contribution is -2.43. The molecule has 22 heavy (non-hydrogen) atoms. The fourth-order valence-electron chi connectivity index (χ4n) is 3.02. The predicted molar refractivity (Wildman–Crippen MR) is 94.4 cm³/mol. The van der Waals surface area contributed by atoms with E-state index < -0.39 is 0 Å². The average molecular weight is 325 g/mol. The lowest BCUT2D eigenvalue weighted by Gasteiger charge is -2.34. The number of benzene rings is 1. The number of rotatable bonds is 3. The number of carbonyl (C=O) groups is 1. The summed E-state index contributed by atoms with van der Waals surface area (Å²) in [6, 6.07) is 8.41. The molecule has 1 aromatic rings. The minimum absolute atomic E-state index is 0. The molecule has 1 aliphatic heterocycles. The first-order valence-corrected chi connectivity index (χ1v) is 7.96. The Morgan fingerprint density at radius 3 is 2.36 bits per heavy atom. The van der Waals surface area contributed by atoms with Gasteiger partial charge in [0.05, 0.1) is 6.04 Å². The molecule has 0 spiro atoms. The van der Waals surface area contributed by atoms with Crippen LogP contribution in [0.25, 0.3) is 0 Å². The number of aryl methyl sites for hydroxylation is 1. The monoisotopic (exact) mass is 324 g/mol. The summed E-state index contributed by atoms with van der Waals surface area (Å²) >= 11 is 0. The summed E-state index contributed by atoms with van der Waals surface area (Å²) in [7, 11) is 0. The van der Waals surface area contributed by atoms with Crippen LogP contribution in [0.1, 0.15) is 50.8 Å². The van der Waals surface area contributed by atoms with Crippen molar-refractivity contribution >= 4 is 18.3 Å². The second-order valence-electron chi connectivity index (χ2n) is 7.19. The Kier molecular flexibility index (Phi) is 6.89. The average Bonchev–Trinajstić information content (AvgIpc) is 2.45. The molecule has 1 unspecified atom stereocenters. The summed E-state index contributed by atoms with van der Waals surface area (Å²) < 4.78 is 0. The molecule has 1 heterocycles. The fourth-order valence-corrected chi connectivity index (χ4v) is 3.02. The molecule has 1 atom stereocenters. The Morgan fingerprint density at radius 1 is 1.23 bits per heavy atom. The molecule has 0 bridgehead atoms. The molecular weight excluding hydrogens is 296 g/mol. The molecule has 4 heteroatoms. The molecule has 2 rings (SSSR count). The van der Waals surface area contributed by atoms with Crippen molar-refractivity contribution in [2.45, 2.75) is 46.6 Å². The van der Waals surface area contributed by atoms with Crippen molar-refractivity contribution in [2.75, 3.05) is 13.1 Å². The molecule has 0 aromatic heterocycles. The first kappa shape index (κ1) is 19.0. The van der Waals surface area contributed by atoms with Gasteiger partial charge in [0, 0.05) is 5.92 Å². The second-order valence-corrected chi connectivity index (χ2v) is 7.19. The summed E-state index contributed by atoms with van der Waals surface area (Å²) in [6.07, 6.45) is 1.88. The van der Waals surface area contributed by atoms with E-state index in [-0.39, 0.29) is 35.7 Å². The van der Waals surface area contributed by atoms with Crippen molar-refractivity contribution in [3.8, 4) is 0 Å². The van der Waals surface area contributed by atoms with E-state index in [2.05, 4.69) is 56.5 Å². The zero-order chi connectivity index (χ0) is 15.5. The highest BCUT2D eigenvalue weighted by Gasteiger charge is 2.31. The standard InChI is InChI=1S/C18H28N2O.ClH/c1-13-7-5-6-8-15(13)16(18(2,3)4)20-17(21)14-9-11-19-12-10-14;/h5-8,14,16,19H,9-12H2,1-4H3,(H,20,21);1H. The van der Waals surface area contributed by atoms with Crippen LogP contribution in [0.15, 0.2) is 24.3 Å². The van der Waals surface area contributed by atoms with Gasteiger partial charge in [-0.15, -0.1) is 12.4 Å². The van der Waals surface area contributed by atoms with E-state index in [1.54, 1.807) is 0 Å². The normalized spacial score (nSPS) is 17.5. The highest BCUT2D eigenvalue weighted by molar-refractivity contribution is 5.85. The van der Waals surface area contributed by atoms with Gasteiger partial charge in [-0.25, -0.2) is 0 Å². The van der Waals surface area contributed by atoms with Crippen LogP contribution in [0.5, 0.6) is 0 Å². The van der Waals surface area contributed by atoms with Crippen LogP contribution in [0.4, 0.5) is 0 Å². The quantitative estimate of drug-likeness (QED) is 0.891. The van der Waals surface area contributed by atoms with Crippen molar-refractivity contribution in [3.63, 3.8) is 0 Å². The van der Waals surface area contributed by atoms with Crippen LogP contribution in [0.2, 0.25) is 0 Å². The third kappa shape index (κ3) is 4.72. The first-order valence-electron chi connectivity index (χ1n) is 7.96. The van der Waals surface area contributed by atoms with Crippen molar-refractivity contribution < 1.29 is 4.79 Å². The molecule has 124 valence electrons. The molecule has 1 fully saturated rings. The number of amides is 1. The second kappa shape index (κ2) is 7.98. The van der Waals surface area contributed by atoms with Crippen LogP contribution < -0.4 is 10.6 Å². The molecule has 1 saturated heterocycles. The maximum absolute atomic E-state index is 12.6. The van der Waals surface area contributed by atoms with Crippen molar-refractivity contribution in [1.29, 1.82) is 0 Å². The fraction of sp³-hybridized carbons (Fsp3) is 0.611. The highest BCUT2D eigenvalue weighted by Crippen LogP contribution is 2.34. The van der Waals surface area contributed by atoms with Crippen LogP contribution in [-0.2, 0) is 4.79 Å². The van der Waals surface area contributed by atoms with Gasteiger partial charge in [0.15, 0.2) is 0 Å². The van der Waals surface area contributed by atoms with Gasteiger partial charge in [0.1, 0.15) is 0 Å². The molecule has 3 nitrogen and oxygen atoms in total. The number of piperidine rings is 1. The van der Waals surface area contributed by atoms with Crippen LogP contribution >= 0.6 is 12.4 Å². The lowest BCUT2D eigenvalue weighted by molar-refractivity contribution is -0.127. The summed E-state index contributed by atoms with van der Waals surface area (Å²) in [4.78, 5) is 12.6. The van der Waals surface area contributed by atoms with E-state index >= 15 is 0 Å². The van der Waals surface area contributed by atoms with E-state index in [9.17, 15) is 4.79 Å².